The summed E-state index contributed by atoms with van der Waals surface area (Å²) in [6.07, 6.45) is 1.43. The third kappa shape index (κ3) is 4.25. The largest absolute Gasteiger partial charge is 1.00 e. The van der Waals surface area contributed by atoms with Crippen molar-refractivity contribution in [1.82, 2.24) is 24.8 Å². The molecule has 0 bridgehead atoms. The van der Waals surface area contributed by atoms with Crippen molar-refractivity contribution >= 4 is 17.3 Å². The fourth-order valence-corrected chi connectivity index (χ4v) is 3.21. The van der Waals surface area contributed by atoms with Crippen LogP contribution in [0.3, 0.4) is 0 Å². The zero-order valence-corrected chi connectivity index (χ0v) is 17.9. The van der Waals surface area contributed by atoms with Crippen LogP contribution in [0.2, 0.25) is 0 Å². The van der Waals surface area contributed by atoms with E-state index in [4.69, 9.17) is 9.47 Å². The molecule has 11 heteroatoms. The Balaban J connectivity index is 0.00000240. The first-order chi connectivity index (χ1) is 13.6. The molecule has 4 rings (SSSR count). The van der Waals surface area contributed by atoms with E-state index in [1.807, 2.05) is 0 Å². The second-order valence-corrected chi connectivity index (χ2v) is 6.25. The maximum atomic E-state index is 12.5. The summed E-state index contributed by atoms with van der Waals surface area (Å²) in [4.78, 5) is 36.1. The normalized spacial score (nSPS) is 15.3. The molecule has 3 aromatic heterocycles. The molecular weight excluding hydrogens is 389 g/mol. The Morgan fingerprint density at radius 1 is 1.38 bits per heavy atom. The van der Waals surface area contributed by atoms with Crippen LogP contribution in [0.15, 0.2) is 35.4 Å². The van der Waals surface area contributed by atoms with E-state index in [9.17, 15) is 14.7 Å². The van der Waals surface area contributed by atoms with Gasteiger partial charge in [0.2, 0.25) is 5.88 Å². The number of amides is 1. The van der Waals surface area contributed by atoms with E-state index in [0.717, 1.165) is 11.3 Å². The van der Waals surface area contributed by atoms with Gasteiger partial charge in [0.05, 0.1) is 44.1 Å². The van der Waals surface area contributed by atoms with Gasteiger partial charge in [-0.3, -0.25) is 14.3 Å². The van der Waals surface area contributed by atoms with Crippen LogP contribution in [0, 0.1) is 0 Å². The van der Waals surface area contributed by atoms with Crippen molar-refractivity contribution in [2.24, 2.45) is 0 Å². The maximum absolute atomic E-state index is 12.5. The maximum Gasteiger partial charge on any atom is 1.00 e. The molecule has 1 aliphatic heterocycles. The molecule has 0 aromatic carbocycles. The first-order valence-electron chi connectivity index (χ1n) is 8.51. The molecule has 0 saturated carbocycles. The number of rotatable bonds is 4. The summed E-state index contributed by atoms with van der Waals surface area (Å²) in [5.41, 5.74) is 2.52. The molecule has 0 fully saturated rings. The van der Waals surface area contributed by atoms with Gasteiger partial charge in [0.25, 0.3) is 5.56 Å². The smallest absolute Gasteiger partial charge is 0.530 e. The molecule has 1 N–H and O–H groups in total. The van der Waals surface area contributed by atoms with Crippen molar-refractivity contribution in [3.05, 3.63) is 52.2 Å². The van der Waals surface area contributed by atoms with E-state index in [1.54, 1.807) is 24.4 Å². The van der Waals surface area contributed by atoms with E-state index < -0.39 is 6.09 Å². The number of hydrogen-bond acceptors (Lipinski definition) is 8. The average Bonchev–Trinajstić information content (AvgIpc) is 2.71. The number of aromatic nitrogens is 4. The first-order valence-corrected chi connectivity index (χ1v) is 8.51. The zero-order chi connectivity index (χ0) is 19.7. The number of hydrogen-bond donors (Lipinski definition) is 1. The number of carbonyl (C=O) groups is 1. The monoisotopic (exact) mass is 405 g/mol. The molecule has 1 aliphatic rings. The molecule has 0 saturated heterocycles. The third-order valence-electron chi connectivity index (χ3n) is 4.49. The van der Waals surface area contributed by atoms with Gasteiger partial charge in [0.1, 0.15) is 11.6 Å². The van der Waals surface area contributed by atoms with Gasteiger partial charge in [-0.05, 0) is 12.1 Å². The number of pyridine rings is 2. The molecular formula is C18H16N5NaO5. The van der Waals surface area contributed by atoms with Crippen LogP contribution in [0.5, 0.6) is 5.88 Å². The second-order valence-electron chi connectivity index (χ2n) is 6.25. The van der Waals surface area contributed by atoms with Crippen molar-refractivity contribution in [3.8, 4) is 11.6 Å². The summed E-state index contributed by atoms with van der Waals surface area (Å²) in [6.45, 7) is 0.793. The summed E-state index contributed by atoms with van der Waals surface area (Å²) in [7, 11) is 1.49. The van der Waals surface area contributed by atoms with Crippen molar-refractivity contribution in [2.75, 3.05) is 20.3 Å². The fraction of sp³-hybridized carbons (Fsp3) is 0.278. The Morgan fingerprint density at radius 2 is 2.21 bits per heavy atom. The van der Waals surface area contributed by atoms with Gasteiger partial charge in [-0.25, -0.2) is 4.98 Å². The SMILES string of the molecule is COc1ccc2ncc(=O)n(-c3cnc4c(c3)COCC4CNC(=O)[O-])c2n1.[Na+]. The number of carbonyl (C=O) groups excluding carboxylic acids is 1. The summed E-state index contributed by atoms with van der Waals surface area (Å²) < 4.78 is 12.1. The van der Waals surface area contributed by atoms with Crippen molar-refractivity contribution in [3.63, 3.8) is 0 Å². The Hall–Kier alpha value is -2.53. The van der Waals surface area contributed by atoms with Crippen molar-refractivity contribution in [1.29, 1.82) is 0 Å². The molecule has 4 heterocycles. The molecule has 0 spiro atoms. The van der Waals surface area contributed by atoms with Crippen molar-refractivity contribution < 1.29 is 48.9 Å². The Kier molecular flexibility index (Phi) is 6.48. The summed E-state index contributed by atoms with van der Waals surface area (Å²) in [6, 6.07) is 5.17. The number of fused-ring (bicyclic) bond motifs is 2. The average molecular weight is 405 g/mol. The standard InChI is InChI=1S/C18H17N5O5.Na/c1-27-14-3-2-13-17(22-14)23(15(24)7-19-13)12-4-10-8-28-9-11(5-21-18(25)26)16(10)20-6-12;/h2-4,6-7,11,21H,5,8-9H2,1H3,(H,25,26);/q;+1/p-1. The molecule has 1 atom stereocenters. The van der Waals surface area contributed by atoms with E-state index >= 15 is 0 Å². The van der Waals surface area contributed by atoms with Gasteiger partial charge >= 0.3 is 29.6 Å². The summed E-state index contributed by atoms with van der Waals surface area (Å²) in [5.74, 6) is 0.121. The topological polar surface area (TPSA) is 131 Å². The van der Waals surface area contributed by atoms with E-state index in [1.165, 1.54) is 17.9 Å². The Labute approximate surface area is 187 Å². The van der Waals surface area contributed by atoms with Gasteiger partial charge in [-0.1, -0.05) is 0 Å². The van der Waals surface area contributed by atoms with Crippen LogP contribution in [0.4, 0.5) is 4.79 Å². The van der Waals surface area contributed by atoms with Gasteiger partial charge in [0, 0.05) is 24.1 Å². The predicted molar refractivity (Wildman–Crippen MR) is 95.3 cm³/mol. The number of carboxylic acid groups (broad SMARTS) is 1. The second kappa shape index (κ2) is 8.87. The van der Waals surface area contributed by atoms with E-state index in [0.29, 0.717) is 35.9 Å². The van der Waals surface area contributed by atoms with Crippen molar-refractivity contribution in [2.45, 2.75) is 12.5 Å². The van der Waals surface area contributed by atoms with Crippen LogP contribution in [-0.4, -0.2) is 45.9 Å². The molecule has 1 unspecified atom stereocenters. The molecule has 0 radical (unpaired) electrons. The molecule has 29 heavy (non-hydrogen) atoms. The van der Waals surface area contributed by atoms with Crippen LogP contribution in [-0.2, 0) is 11.3 Å². The van der Waals surface area contributed by atoms with E-state index in [-0.39, 0.29) is 47.6 Å². The number of methoxy groups -OCH3 is 1. The molecule has 144 valence electrons. The minimum Gasteiger partial charge on any atom is -0.530 e. The van der Waals surface area contributed by atoms with Crippen LogP contribution >= 0.6 is 0 Å². The Bertz CT molecular complexity index is 1120. The summed E-state index contributed by atoms with van der Waals surface area (Å²) in [5, 5.41) is 12.9. The first kappa shape index (κ1) is 21.2. The van der Waals surface area contributed by atoms with E-state index in [2.05, 4.69) is 20.3 Å². The van der Waals surface area contributed by atoms with Crippen LogP contribution in [0.25, 0.3) is 16.9 Å². The quantitative estimate of drug-likeness (QED) is 0.448. The molecule has 3 aromatic rings. The number of nitrogens with zero attached hydrogens (tertiary/aromatic N) is 4. The molecule has 0 aliphatic carbocycles. The molecule has 10 nitrogen and oxygen atoms in total. The predicted octanol–water partition coefficient (Wildman–Crippen LogP) is -3.26. The zero-order valence-electron chi connectivity index (χ0n) is 15.9. The van der Waals surface area contributed by atoms with Gasteiger partial charge in [-0.15, -0.1) is 0 Å². The number of ether oxygens (including phenoxy) is 2. The van der Waals surface area contributed by atoms with Gasteiger partial charge < -0.3 is 24.7 Å². The van der Waals surface area contributed by atoms with Crippen LogP contribution < -0.4 is 50.3 Å². The Morgan fingerprint density at radius 3 is 2.97 bits per heavy atom. The van der Waals surface area contributed by atoms with Gasteiger partial charge in [0.15, 0.2) is 5.65 Å². The van der Waals surface area contributed by atoms with Gasteiger partial charge in [-0.2, -0.15) is 4.98 Å². The minimum absolute atomic E-state index is 0. The van der Waals surface area contributed by atoms with Crippen LogP contribution in [0.1, 0.15) is 17.2 Å². The fourth-order valence-electron chi connectivity index (χ4n) is 3.21. The minimum atomic E-state index is -1.35. The molecule has 1 amide bonds. The summed E-state index contributed by atoms with van der Waals surface area (Å²) >= 11 is 0. The third-order valence-corrected chi connectivity index (χ3v) is 4.49. The number of nitrogens with one attached hydrogen (secondary N) is 1.